The van der Waals surface area contributed by atoms with Crippen LogP contribution in [0.1, 0.15) is 51.5 Å². The lowest BCUT2D eigenvalue weighted by molar-refractivity contribution is -0.120. The van der Waals surface area contributed by atoms with Crippen molar-refractivity contribution in [3.63, 3.8) is 0 Å². The maximum atomic E-state index is 11.9. The van der Waals surface area contributed by atoms with Crippen molar-refractivity contribution >= 4 is 12.1 Å². The van der Waals surface area contributed by atoms with Crippen molar-refractivity contribution in [2.24, 2.45) is 5.10 Å². The van der Waals surface area contributed by atoms with E-state index in [4.69, 9.17) is 9.47 Å². The predicted molar refractivity (Wildman–Crippen MR) is 99.4 cm³/mol. The Kier molecular flexibility index (Phi) is 8.25. The highest BCUT2D eigenvalue weighted by Gasteiger charge is 2.13. The van der Waals surface area contributed by atoms with E-state index < -0.39 is 0 Å². The molecule has 0 radical (unpaired) electrons. The number of ether oxygens (including phenoxy) is 2. The van der Waals surface area contributed by atoms with Gasteiger partial charge in [-0.1, -0.05) is 19.3 Å². The fourth-order valence-corrected chi connectivity index (χ4v) is 2.92. The highest BCUT2D eigenvalue weighted by Crippen LogP contribution is 2.24. The molecule has 2 N–H and O–H groups in total. The van der Waals surface area contributed by atoms with E-state index in [9.17, 15) is 4.79 Å². The molecular weight excluding hydrogens is 318 g/mol. The number of hydrazone groups is 1. The van der Waals surface area contributed by atoms with Crippen molar-refractivity contribution < 1.29 is 14.3 Å². The number of amides is 1. The van der Waals surface area contributed by atoms with Gasteiger partial charge in [0.1, 0.15) is 11.5 Å². The van der Waals surface area contributed by atoms with E-state index in [-0.39, 0.29) is 5.91 Å². The van der Waals surface area contributed by atoms with Crippen LogP contribution >= 0.6 is 0 Å². The van der Waals surface area contributed by atoms with E-state index in [1.54, 1.807) is 6.21 Å². The molecular formula is C19H29N3O3. The maximum Gasteiger partial charge on any atom is 0.254 e. The fraction of sp³-hybridized carbons (Fsp3) is 0.579. The van der Waals surface area contributed by atoms with Gasteiger partial charge in [0.25, 0.3) is 5.91 Å². The van der Waals surface area contributed by atoms with Gasteiger partial charge >= 0.3 is 0 Å². The fourth-order valence-electron chi connectivity index (χ4n) is 2.92. The molecule has 1 amide bonds. The number of benzene rings is 1. The first-order chi connectivity index (χ1) is 12.2. The molecule has 0 atom stereocenters. The van der Waals surface area contributed by atoms with Crippen LogP contribution in [0.2, 0.25) is 0 Å². The first-order valence-corrected chi connectivity index (χ1v) is 9.17. The molecule has 6 heteroatoms. The highest BCUT2D eigenvalue weighted by atomic mass is 16.5. The minimum atomic E-state index is -0.134. The number of nitrogens with zero attached hydrogens (tertiary/aromatic N) is 1. The van der Waals surface area contributed by atoms with Crippen molar-refractivity contribution in [1.82, 2.24) is 10.7 Å². The van der Waals surface area contributed by atoms with Gasteiger partial charge in [0.15, 0.2) is 0 Å². The molecule has 0 unspecified atom stereocenters. The molecule has 0 spiro atoms. The summed E-state index contributed by atoms with van der Waals surface area (Å²) in [5.41, 5.74) is 3.36. The average molecular weight is 347 g/mol. The molecule has 1 aliphatic carbocycles. The van der Waals surface area contributed by atoms with Crippen molar-refractivity contribution in [2.75, 3.05) is 19.8 Å². The Morgan fingerprint density at radius 2 is 1.96 bits per heavy atom. The number of carbonyl (C=O) groups is 1. The molecule has 0 aromatic heterocycles. The number of nitrogens with one attached hydrogen (secondary N) is 2. The zero-order chi connectivity index (χ0) is 17.9. The van der Waals surface area contributed by atoms with Gasteiger partial charge in [0.2, 0.25) is 0 Å². The van der Waals surface area contributed by atoms with Crippen LogP contribution in [0.3, 0.4) is 0 Å². The predicted octanol–water partition coefficient (Wildman–Crippen LogP) is 2.86. The van der Waals surface area contributed by atoms with Gasteiger partial charge in [-0.15, -0.1) is 0 Å². The largest absolute Gasteiger partial charge is 0.494 e. The van der Waals surface area contributed by atoms with E-state index >= 15 is 0 Å². The minimum Gasteiger partial charge on any atom is -0.494 e. The number of hydrogen-bond donors (Lipinski definition) is 2. The third-order valence-electron chi connectivity index (χ3n) is 4.15. The van der Waals surface area contributed by atoms with Gasteiger partial charge in [-0.05, 0) is 38.8 Å². The molecule has 0 aliphatic heterocycles. The zero-order valence-electron chi connectivity index (χ0n) is 15.2. The molecule has 0 bridgehead atoms. The standard InChI is InChI=1S/C19H29N3O3/c1-3-24-17-11-10-15(18(12-17)25-4-2)13-21-22-19(23)14-20-16-8-6-5-7-9-16/h10-13,16,20H,3-9,14H2,1-2H3,(H,22,23)/b21-13-. The second-order valence-electron chi connectivity index (χ2n) is 6.07. The number of rotatable bonds is 9. The van der Waals surface area contributed by atoms with Crippen LogP contribution in [0.25, 0.3) is 0 Å². The molecule has 1 aromatic carbocycles. The summed E-state index contributed by atoms with van der Waals surface area (Å²) < 4.78 is 11.1. The second kappa shape index (κ2) is 10.7. The lowest BCUT2D eigenvalue weighted by Gasteiger charge is -2.22. The Morgan fingerprint density at radius 3 is 2.68 bits per heavy atom. The van der Waals surface area contributed by atoms with Crippen molar-refractivity contribution in [3.8, 4) is 11.5 Å². The molecule has 1 aliphatic rings. The van der Waals surface area contributed by atoms with E-state index in [0.717, 1.165) is 24.2 Å². The van der Waals surface area contributed by atoms with Gasteiger partial charge in [0.05, 0.1) is 26.0 Å². The summed E-state index contributed by atoms with van der Waals surface area (Å²) in [7, 11) is 0. The number of hydrogen-bond acceptors (Lipinski definition) is 5. The molecule has 6 nitrogen and oxygen atoms in total. The van der Waals surface area contributed by atoms with Crippen molar-refractivity contribution in [2.45, 2.75) is 52.0 Å². The molecule has 25 heavy (non-hydrogen) atoms. The Balaban J connectivity index is 1.84. The number of carbonyl (C=O) groups excluding carboxylic acids is 1. The normalized spacial score (nSPS) is 15.3. The van der Waals surface area contributed by atoms with E-state index in [1.807, 2.05) is 32.0 Å². The zero-order valence-corrected chi connectivity index (χ0v) is 15.2. The van der Waals surface area contributed by atoms with E-state index in [2.05, 4.69) is 15.8 Å². The summed E-state index contributed by atoms with van der Waals surface area (Å²) in [6.45, 7) is 5.31. The molecule has 1 aromatic rings. The van der Waals surface area contributed by atoms with Crippen LogP contribution in [0.4, 0.5) is 0 Å². The minimum absolute atomic E-state index is 0.134. The summed E-state index contributed by atoms with van der Waals surface area (Å²) in [4.78, 5) is 11.9. The summed E-state index contributed by atoms with van der Waals surface area (Å²) >= 11 is 0. The monoisotopic (exact) mass is 347 g/mol. The highest BCUT2D eigenvalue weighted by molar-refractivity contribution is 5.86. The van der Waals surface area contributed by atoms with E-state index in [0.29, 0.717) is 31.5 Å². The van der Waals surface area contributed by atoms with Gasteiger partial charge in [0, 0.05) is 17.7 Å². The first kappa shape index (κ1) is 19.2. The van der Waals surface area contributed by atoms with Gasteiger partial charge < -0.3 is 14.8 Å². The lowest BCUT2D eigenvalue weighted by atomic mass is 9.95. The van der Waals surface area contributed by atoms with Crippen LogP contribution in [0.5, 0.6) is 11.5 Å². The lowest BCUT2D eigenvalue weighted by Crippen LogP contribution is -2.38. The van der Waals surface area contributed by atoms with Crippen LogP contribution in [0.15, 0.2) is 23.3 Å². The Labute approximate surface area is 150 Å². The topological polar surface area (TPSA) is 72.0 Å². The Morgan fingerprint density at radius 1 is 1.20 bits per heavy atom. The average Bonchev–Trinajstić information content (AvgIpc) is 2.63. The molecule has 0 saturated heterocycles. The van der Waals surface area contributed by atoms with Gasteiger partial charge in [-0.25, -0.2) is 5.43 Å². The molecule has 1 fully saturated rings. The van der Waals surface area contributed by atoms with Crippen LogP contribution in [0, 0.1) is 0 Å². The summed E-state index contributed by atoms with van der Waals surface area (Å²) in [5.74, 6) is 1.31. The van der Waals surface area contributed by atoms with Crippen LogP contribution in [-0.4, -0.2) is 37.9 Å². The van der Waals surface area contributed by atoms with Crippen LogP contribution < -0.4 is 20.2 Å². The SMILES string of the molecule is CCOc1ccc(/C=N\NC(=O)CNC2CCCCC2)c(OCC)c1. The second-order valence-corrected chi connectivity index (χ2v) is 6.07. The van der Waals surface area contributed by atoms with Gasteiger partial charge in [-0.3, -0.25) is 4.79 Å². The molecule has 0 heterocycles. The van der Waals surface area contributed by atoms with Crippen LogP contribution in [-0.2, 0) is 4.79 Å². The third kappa shape index (κ3) is 6.74. The summed E-state index contributed by atoms with van der Waals surface area (Å²) in [6.07, 6.45) is 7.70. The Hall–Kier alpha value is -2.08. The van der Waals surface area contributed by atoms with Gasteiger partial charge in [-0.2, -0.15) is 5.10 Å². The maximum absolute atomic E-state index is 11.9. The quantitative estimate of drug-likeness (QED) is 0.532. The Bertz CT molecular complexity index is 569. The first-order valence-electron chi connectivity index (χ1n) is 9.17. The molecule has 138 valence electrons. The van der Waals surface area contributed by atoms with Crippen molar-refractivity contribution in [1.29, 1.82) is 0 Å². The molecule has 1 saturated carbocycles. The van der Waals surface area contributed by atoms with Crippen molar-refractivity contribution in [3.05, 3.63) is 23.8 Å². The summed E-state index contributed by atoms with van der Waals surface area (Å²) in [5, 5.41) is 7.33. The molecule has 2 rings (SSSR count). The third-order valence-corrected chi connectivity index (χ3v) is 4.15. The smallest absolute Gasteiger partial charge is 0.254 e. The summed E-state index contributed by atoms with van der Waals surface area (Å²) in [6, 6.07) is 6.02. The van der Waals surface area contributed by atoms with E-state index in [1.165, 1.54) is 19.3 Å².